The largest absolute Gasteiger partial charge is 0.378 e. The van der Waals surface area contributed by atoms with Crippen molar-refractivity contribution in [2.75, 3.05) is 19.0 Å². The number of anilines is 1. The van der Waals surface area contributed by atoms with Crippen LogP contribution in [0.4, 0.5) is 5.69 Å². The second-order valence-corrected chi connectivity index (χ2v) is 7.44. The molecule has 2 aromatic carbocycles. The van der Waals surface area contributed by atoms with Crippen LogP contribution in [0.15, 0.2) is 53.4 Å². The summed E-state index contributed by atoms with van der Waals surface area (Å²) in [6.45, 7) is 1.81. The van der Waals surface area contributed by atoms with Crippen molar-refractivity contribution in [3.05, 3.63) is 54.4 Å². The Balaban J connectivity index is 2.09. The molecule has 0 unspecified atom stereocenters. The number of benzene rings is 2. The summed E-state index contributed by atoms with van der Waals surface area (Å²) < 4.78 is 24.5. The molecule has 0 aliphatic heterocycles. The van der Waals surface area contributed by atoms with Crippen molar-refractivity contribution >= 4 is 15.7 Å². The van der Waals surface area contributed by atoms with Crippen molar-refractivity contribution in [3.8, 4) is 17.1 Å². The van der Waals surface area contributed by atoms with Gasteiger partial charge in [-0.2, -0.15) is 5.10 Å². The standard InChI is InChI=1S/C17H19N5O2S/c1-12-19-17(13-5-4-6-15(11-13)21(2)3)22(20-12)14-7-9-16(10-8-14)25(18,23)24/h4-11H,1-3H3,(H2,18,23,24). The van der Waals surface area contributed by atoms with Gasteiger partial charge in [-0.1, -0.05) is 12.1 Å². The fourth-order valence-corrected chi connectivity index (χ4v) is 3.00. The van der Waals surface area contributed by atoms with E-state index in [0.29, 0.717) is 17.3 Å². The van der Waals surface area contributed by atoms with Crippen molar-refractivity contribution in [2.24, 2.45) is 5.14 Å². The highest BCUT2D eigenvalue weighted by atomic mass is 32.2. The molecule has 0 fully saturated rings. The predicted molar refractivity (Wildman–Crippen MR) is 97.2 cm³/mol. The molecule has 0 bridgehead atoms. The van der Waals surface area contributed by atoms with E-state index in [2.05, 4.69) is 10.1 Å². The molecular weight excluding hydrogens is 338 g/mol. The Morgan fingerprint density at radius 2 is 1.76 bits per heavy atom. The van der Waals surface area contributed by atoms with Gasteiger partial charge in [0, 0.05) is 25.3 Å². The number of rotatable bonds is 4. The maximum atomic E-state index is 11.4. The lowest BCUT2D eigenvalue weighted by Gasteiger charge is -2.13. The summed E-state index contributed by atoms with van der Waals surface area (Å²) in [6.07, 6.45) is 0. The first-order chi connectivity index (χ1) is 11.8. The predicted octanol–water partition coefficient (Wildman–Crippen LogP) is 1.96. The first-order valence-electron chi connectivity index (χ1n) is 7.60. The van der Waals surface area contributed by atoms with E-state index in [4.69, 9.17) is 5.14 Å². The van der Waals surface area contributed by atoms with E-state index in [1.54, 1.807) is 16.8 Å². The van der Waals surface area contributed by atoms with E-state index in [-0.39, 0.29) is 4.90 Å². The van der Waals surface area contributed by atoms with Crippen molar-refractivity contribution < 1.29 is 8.42 Å². The van der Waals surface area contributed by atoms with Crippen LogP contribution in [-0.4, -0.2) is 37.3 Å². The van der Waals surface area contributed by atoms with Crippen LogP contribution < -0.4 is 10.0 Å². The maximum absolute atomic E-state index is 11.4. The van der Waals surface area contributed by atoms with Gasteiger partial charge in [0.1, 0.15) is 5.82 Å². The molecule has 8 heteroatoms. The fraction of sp³-hybridized carbons (Fsp3) is 0.176. The summed E-state index contributed by atoms with van der Waals surface area (Å²) in [6, 6.07) is 14.2. The number of primary sulfonamides is 1. The van der Waals surface area contributed by atoms with E-state index in [1.165, 1.54) is 12.1 Å². The van der Waals surface area contributed by atoms with Crippen LogP contribution in [0.3, 0.4) is 0 Å². The Labute approximate surface area is 146 Å². The number of nitrogens with zero attached hydrogens (tertiary/aromatic N) is 4. The fourth-order valence-electron chi connectivity index (χ4n) is 2.48. The van der Waals surface area contributed by atoms with Crippen molar-refractivity contribution in [1.82, 2.24) is 14.8 Å². The van der Waals surface area contributed by atoms with Gasteiger partial charge in [0.05, 0.1) is 10.6 Å². The van der Waals surface area contributed by atoms with E-state index < -0.39 is 10.0 Å². The van der Waals surface area contributed by atoms with Crippen molar-refractivity contribution in [2.45, 2.75) is 11.8 Å². The Kier molecular flexibility index (Phi) is 4.32. The minimum absolute atomic E-state index is 0.0595. The summed E-state index contributed by atoms with van der Waals surface area (Å²) in [5.41, 5.74) is 2.68. The number of aryl methyl sites for hydroxylation is 1. The molecule has 3 rings (SSSR count). The highest BCUT2D eigenvalue weighted by molar-refractivity contribution is 7.89. The molecule has 0 saturated carbocycles. The lowest BCUT2D eigenvalue weighted by Crippen LogP contribution is -2.12. The van der Waals surface area contributed by atoms with Gasteiger partial charge in [-0.05, 0) is 43.3 Å². The van der Waals surface area contributed by atoms with E-state index in [0.717, 1.165) is 11.3 Å². The molecule has 1 heterocycles. The molecule has 0 amide bonds. The second-order valence-electron chi connectivity index (χ2n) is 5.88. The number of sulfonamides is 1. The lowest BCUT2D eigenvalue weighted by molar-refractivity contribution is 0.598. The van der Waals surface area contributed by atoms with Gasteiger partial charge >= 0.3 is 0 Å². The van der Waals surface area contributed by atoms with Crippen molar-refractivity contribution in [1.29, 1.82) is 0 Å². The molecular formula is C17H19N5O2S. The summed E-state index contributed by atoms with van der Waals surface area (Å²) in [4.78, 5) is 6.59. The molecule has 0 aliphatic rings. The van der Waals surface area contributed by atoms with Crippen LogP contribution in [0.25, 0.3) is 17.1 Å². The van der Waals surface area contributed by atoms with Gasteiger partial charge in [-0.25, -0.2) is 23.2 Å². The zero-order valence-corrected chi connectivity index (χ0v) is 15.0. The van der Waals surface area contributed by atoms with Crippen LogP contribution in [0, 0.1) is 6.92 Å². The highest BCUT2D eigenvalue weighted by Gasteiger charge is 2.14. The molecule has 0 saturated heterocycles. The minimum Gasteiger partial charge on any atom is -0.378 e. The second kappa shape index (κ2) is 6.30. The van der Waals surface area contributed by atoms with Crippen LogP contribution in [0.1, 0.15) is 5.82 Å². The van der Waals surface area contributed by atoms with Gasteiger partial charge in [0.2, 0.25) is 10.0 Å². The maximum Gasteiger partial charge on any atom is 0.238 e. The van der Waals surface area contributed by atoms with E-state index in [1.807, 2.05) is 50.2 Å². The Bertz CT molecular complexity index is 1010. The monoisotopic (exact) mass is 357 g/mol. The van der Waals surface area contributed by atoms with Crippen LogP contribution in [-0.2, 0) is 10.0 Å². The van der Waals surface area contributed by atoms with Crippen LogP contribution in [0.5, 0.6) is 0 Å². The average molecular weight is 357 g/mol. The number of hydrogen-bond donors (Lipinski definition) is 1. The van der Waals surface area contributed by atoms with Gasteiger partial charge in [0.15, 0.2) is 5.82 Å². The first-order valence-corrected chi connectivity index (χ1v) is 9.15. The van der Waals surface area contributed by atoms with E-state index in [9.17, 15) is 8.42 Å². The van der Waals surface area contributed by atoms with Crippen molar-refractivity contribution in [3.63, 3.8) is 0 Å². The summed E-state index contributed by atoms with van der Waals surface area (Å²) in [5, 5.41) is 9.58. The third-order valence-electron chi connectivity index (χ3n) is 3.74. The summed E-state index contributed by atoms with van der Waals surface area (Å²) in [5.74, 6) is 1.31. The number of aromatic nitrogens is 3. The molecule has 0 atom stereocenters. The van der Waals surface area contributed by atoms with E-state index >= 15 is 0 Å². The molecule has 1 aromatic heterocycles. The first kappa shape index (κ1) is 17.1. The summed E-state index contributed by atoms with van der Waals surface area (Å²) in [7, 11) is 0.222. The Morgan fingerprint density at radius 3 is 2.36 bits per heavy atom. The SMILES string of the molecule is Cc1nc(-c2cccc(N(C)C)c2)n(-c2ccc(S(N)(=O)=O)cc2)n1. The highest BCUT2D eigenvalue weighted by Crippen LogP contribution is 2.25. The van der Waals surface area contributed by atoms with Gasteiger partial charge < -0.3 is 4.90 Å². The summed E-state index contributed by atoms with van der Waals surface area (Å²) >= 11 is 0. The third kappa shape index (κ3) is 3.54. The minimum atomic E-state index is -3.72. The molecule has 25 heavy (non-hydrogen) atoms. The Hall–Kier alpha value is -2.71. The zero-order valence-electron chi connectivity index (χ0n) is 14.2. The lowest BCUT2D eigenvalue weighted by atomic mass is 10.1. The van der Waals surface area contributed by atoms with Gasteiger partial charge in [-0.3, -0.25) is 0 Å². The molecule has 7 nitrogen and oxygen atoms in total. The number of nitrogens with two attached hydrogens (primary N) is 1. The zero-order chi connectivity index (χ0) is 18.2. The molecule has 2 N–H and O–H groups in total. The van der Waals surface area contributed by atoms with Gasteiger partial charge in [-0.15, -0.1) is 0 Å². The average Bonchev–Trinajstić information content (AvgIpc) is 2.96. The van der Waals surface area contributed by atoms with Gasteiger partial charge in [0.25, 0.3) is 0 Å². The smallest absolute Gasteiger partial charge is 0.238 e. The Morgan fingerprint density at radius 1 is 1.08 bits per heavy atom. The molecule has 0 spiro atoms. The molecule has 0 aliphatic carbocycles. The number of hydrogen-bond acceptors (Lipinski definition) is 5. The topological polar surface area (TPSA) is 94.1 Å². The molecule has 130 valence electrons. The quantitative estimate of drug-likeness (QED) is 0.770. The van der Waals surface area contributed by atoms with Crippen LogP contribution in [0.2, 0.25) is 0 Å². The molecule has 3 aromatic rings. The third-order valence-corrected chi connectivity index (χ3v) is 4.67. The molecule has 0 radical (unpaired) electrons. The van der Waals surface area contributed by atoms with Crippen LogP contribution >= 0.6 is 0 Å². The normalized spacial score (nSPS) is 11.5.